The summed E-state index contributed by atoms with van der Waals surface area (Å²) in [6, 6.07) is 19.4. The summed E-state index contributed by atoms with van der Waals surface area (Å²) in [5.41, 5.74) is 2.87. The third-order valence-corrected chi connectivity index (χ3v) is 5.03. The molecule has 0 aromatic heterocycles. The number of ether oxygens (including phenoxy) is 1. The van der Waals surface area contributed by atoms with E-state index in [0.29, 0.717) is 6.10 Å². The zero-order valence-electron chi connectivity index (χ0n) is 12.9. The summed E-state index contributed by atoms with van der Waals surface area (Å²) in [5.74, 6) is 1.82. The van der Waals surface area contributed by atoms with Gasteiger partial charge in [0.1, 0.15) is 11.9 Å². The Morgan fingerprint density at radius 3 is 2.41 bits per heavy atom. The predicted molar refractivity (Wildman–Crippen MR) is 89.4 cm³/mol. The fraction of sp³-hybridized carbons (Fsp3) is 0.400. The lowest BCUT2D eigenvalue weighted by Gasteiger charge is -2.33. The molecule has 2 nitrogen and oxygen atoms in total. The van der Waals surface area contributed by atoms with Crippen molar-refractivity contribution in [3.8, 4) is 5.75 Å². The molecule has 114 valence electrons. The Balaban J connectivity index is 1.30. The largest absolute Gasteiger partial charge is 0.488 e. The van der Waals surface area contributed by atoms with Gasteiger partial charge in [-0.2, -0.15) is 0 Å². The minimum absolute atomic E-state index is 0.339. The molecule has 2 aliphatic rings. The molecule has 22 heavy (non-hydrogen) atoms. The minimum atomic E-state index is 0.339. The number of nitrogens with zero attached hydrogens (tertiary/aromatic N) is 1. The molecule has 0 aliphatic carbocycles. The van der Waals surface area contributed by atoms with E-state index in [1.807, 2.05) is 0 Å². The van der Waals surface area contributed by atoms with Crippen LogP contribution in [-0.2, 0) is 6.42 Å². The van der Waals surface area contributed by atoms with Crippen LogP contribution in [0.5, 0.6) is 5.75 Å². The first kappa shape index (κ1) is 13.8. The maximum atomic E-state index is 6.08. The van der Waals surface area contributed by atoms with Crippen LogP contribution in [0.3, 0.4) is 0 Å². The first-order valence-corrected chi connectivity index (χ1v) is 8.40. The number of hydrogen-bond acceptors (Lipinski definition) is 2. The summed E-state index contributed by atoms with van der Waals surface area (Å²) in [5, 5.41) is 0. The molecular formula is C20H23NO. The Morgan fingerprint density at radius 2 is 1.64 bits per heavy atom. The highest BCUT2D eigenvalue weighted by atomic mass is 16.5. The number of piperidine rings is 1. The Kier molecular flexibility index (Phi) is 3.86. The number of fused-ring (bicyclic) bond motifs is 1. The van der Waals surface area contributed by atoms with E-state index in [1.165, 1.54) is 37.1 Å². The Bertz CT molecular complexity index is 592. The van der Waals surface area contributed by atoms with Gasteiger partial charge in [-0.25, -0.2) is 0 Å². The van der Waals surface area contributed by atoms with Gasteiger partial charge in [0.05, 0.1) is 0 Å². The number of rotatable bonds is 3. The molecule has 0 saturated carbocycles. The molecule has 1 unspecified atom stereocenters. The monoisotopic (exact) mass is 293 g/mol. The van der Waals surface area contributed by atoms with Crippen LogP contribution in [-0.4, -0.2) is 30.6 Å². The van der Waals surface area contributed by atoms with Gasteiger partial charge in [-0.3, -0.25) is 4.90 Å². The van der Waals surface area contributed by atoms with E-state index in [-0.39, 0.29) is 0 Å². The van der Waals surface area contributed by atoms with Crippen molar-refractivity contribution in [2.24, 2.45) is 0 Å². The first-order valence-electron chi connectivity index (χ1n) is 8.40. The van der Waals surface area contributed by atoms with E-state index in [2.05, 4.69) is 59.5 Å². The van der Waals surface area contributed by atoms with Gasteiger partial charge in [0.25, 0.3) is 0 Å². The van der Waals surface area contributed by atoms with E-state index < -0.39 is 0 Å². The van der Waals surface area contributed by atoms with Gasteiger partial charge in [0, 0.05) is 13.0 Å². The van der Waals surface area contributed by atoms with Crippen molar-refractivity contribution in [3.63, 3.8) is 0 Å². The second-order valence-corrected chi connectivity index (χ2v) is 6.54. The van der Waals surface area contributed by atoms with Gasteiger partial charge in [0.2, 0.25) is 0 Å². The maximum absolute atomic E-state index is 6.08. The van der Waals surface area contributed by atoms with E-state index >= 15 is 0 Å². The average molecular weight is 293 g/mol. The Hall–Kier alpha value is -1.80. The molecule has 4 rings (SSSR count). The van der Waals surface area contributed by atoms with Crippen molar-refractivity contribution < 1.29 is 4.74 Å². The molecule has 0 spiro atoms. The maximum Gasteiger partial charge on any atom is 0.123 e. The molecule has 2 aromatic carbocycles. The van der Waals surface area contributed by atoms with E-state index in [0.717, 1.165) is 24.6 Å². The van der Waals surface area contributed by atoms with Crippen LogP contribution in [0.4, 0.5) is 0 Å². The number of benzene rings is 2. The van der Waals surface area contributed by atoms with Gasteiger partial charge in [-0.15, -0.1) is 0 Å². The average Bonchev–Trinajstić information content (AvgIpc) is 2.98. The van der Waals surface area contributed by atoms with Crippen LogP contribution in [0.15, 0.2) is 54.6 Å². The smallest absolute Gasteiger partial charge is 0.123 e. The van der Waals surface area contributed by atoms with Crippen LogP contribution in [0, 0.1) is 0 Å². The zero-order chi connectivity index (χ0) is 14.8. The fourth-order valence-electron chi connectivity index (χ4n) is 3.82. The topological polar surface area (TPSA) is 12.5 Å². The summed E-state index contributed by atoms with van der Waals surface area (Å²) in [4.78, 5) is 2.58. The predicted octanol–water partition coefficient (Wildman–Crippen LogP) is 3.87. The van der Waals surface area contributed by atoms with Crippen molar-refractivity contribution >= 4 is 0 Å². The summed E-state index contributed by atoms with van der Waals surface area (Å²) < 4.78 is 6.08. The molecule has 0 amide bonds. The van der Waals surface area contributed by atoms with Gasteiger partial charge >= 0.3 is 0 Å². The zero-order valence-corrected chi connectivity index (χ0v) is 12.9. The van der Waals surface area contributed by atoms with Crippen molar-refractivity contribution in [1.29, 1.82) is 0 Å². The molecule has 0 radical (unpaired) electrons. The number of likely N-dealkylation sites (tertiary alicyclic amines) is 1. The lowest BCUT2D eigenvalue weighted by Crippen LogP contribution is -2.39. The molecule has 1 saturated heterocycles. The molecule has 0 N–H and O–H groups in total. The lowest BCUT2D eigenvalue weighted by molar-refractivity contribution is 0.128. The molecule has 2 aromatic rings. The van der Waals surface area contributed by atoms with Crippen LogP contribution >= 0.6 is 0 Å². The van der Waals surface area contributed by atoms with Gasteiger partial charge in [0.15, 0.2) is 0 Å². The highest BCUT2D eigenvalue weighted by molar-refractivity contribution is 5.37. The lowest BCUT2D eigenvalue weighted by atomic mass is 9.89. The minimum Gasteiger partial charge on any atom is -0.488 e. The fourth-order valence-corrected chi connectivity index (χ4v) is 3.82. The second kappa shape index (κ2) is 6.13. The van der Waals surface area contributed by atoms with Crippen molar-refractivity contribution in [2.45, 2.75) is 31.3 Å². The Labute approximate surface area is 132 Å². The van der Waals surface area contributed by atoms with Crippen molar-refractivity contribution in [2.75, 3.05) is 19.6 Å². The Morgan fingerprint density at radius 1 is 0.909 bits per heavy atom. The standard InChI is InChI=1S/C20H23NO/c1-2-6-16(7-3-1)17-10-12-21(13-11-17)15-19-14-18-8-4-5-9-20(18)22-19/h1-9,17,19H,10-15H2. The molecule has 2 aliphatic heterocycles. The van der Waals surface area contributed by atoms with E-state index in [1.54, 1.807) is 0 Å². The summed E-state index contributed by atoms with van der Waals surface area (Å²) >= 11 is 0. The quantitative estimate of drug-likeness (QED) is 0.852. The first-order chi connectivity index (χ1) is 10.9. The molecular weight excluding hydrogens is 270 g/mol. The van der Waals surface area contributed by atoms with E-state index in [4.69, 9.17) is 4.74 Å². The summed E-state index contributed by atoms with van der Waals surface area (Å²) in [6.45, 7) is 3.45. The number of para-hydroxylation sites is 1. The van der Waals surface area contributed by atoms with Crippen LogP contribution in [0.25, 0.3) is 0 Å². The van der Waals surface area contributed by atoms with Gasteiger partial charge in [-0.05, 0) is 49.0 Å². The third-order valence-electron chi connectivity index (χ3n) is 5.03. The third kappa shape index (κ3) is 2.89. The van der Waals surface area contributed by atoms with E-state index in [9.17, 15) is 0 Å². The van der Waals surface area contributed by atoms with Crippen LogP contribution in [0.1, 0.15) is 29.9 Å². The van der Waals surface area contributed by atoms with Crippen LogP contribution < -0.4 is 4.74 Å². The highest BCUT2D eigenvalue weighted by Gasteiger charge is 2.27. The van der Waals surface area contributed by atoms with Gasteiger partial charge < -0.3 is 4.74 Å². The van der Waals surface area contributed by atoms with Crippen LogP contribution in [0.2, 0.25) is 0 Å². The van der Waals surface area contributed by atoms with Crippen molar-refractivity contribution in [3.05, 3.63) is 65.7 Å². The molecule has 2 heteroatoms. The normalized spacial score (nSPS) is 22.3. The molecule has 2 heterocycles. The molecule has 1 fully saturated rings. The summed E-state index contributed by atoms with van der Waals surface area (Å²) in [7, 11) is 0. The van der Waals surface area contributed by atoms with Gasteiger partial charge in [-0.1, -0.05) is 48.5 Å². The molecule has 0 bridgehead atoms. The second-order valence-electron chi connectivity index (χ2n) is 6.54. The highest BCUT2D eigenvalue weighted by Crippen LogP contribution is 2.31. The van der Waals surface area contributed by atoms with Crippen molar-refractivity contribution in [1.82, 2.24) is 4.90 Å². The summed E-state index contributed by atoms with van der Waals surface area (Å²) in [6.07, 6.45) is 3.94. The molecule has 1 atom stereocenters. The SMILES string of the molecule is c1ccc(C2CCN(CC3Cc4ccccc4O3)CC2)cc1. The number of hydrogen-bond donors (Lipinski definition) is 0.